The smallest absolute Gasteiger partial charge is 0.188 e. The van der Waals surface area contributed by atoms with Crippen molar-refractivity contribution in [2.24, 2.45) is 10.7 Å². The first-order valence-corrected chi connectivity index (χ1v) is 5.71. The lowest BCUT2D eigenvalue weighted by atomic mass is 9.93. The van der Waals surface area contributed by atoms with Crippen LogP contribution in [0.15, 0.2) is 17.3 Å². The number of nitrogens with one attached hydrogen (secondary N) is 1. The second kappa shape index (κ2) is 5.05. The van der Waals surface area contributed by atoms with Crippen LogP contribution >= 0.6 is 0 Å². The van der Waals surface area contributed by atoms with Gasteiger partial charge in [-0.2, -0.15) is 0 Å². The highest BCUT2D eigenvalue weighted by Crippen LogP contribution is 2.17. The van der Waals surface area contributed by atoms with Crippen LogP contribution in [0, 0.1) is 0 Å². The topological polar surface area (TPSA) is 59.6 Å². The van der Waals surface area contributed by atoms with Gasteiger partial charge in [-0.25, -0.2) is 4.99 Å². The Morgan fingerprint density at radius 1 is 1.47 bits per heavy atom. The molecule has 0 bridgehead atoms. The molecule has 0 amide bonds. The van der Waals surface area contributed by atoms with Gasteiger partial charge in [0.05, 0.1) is 12.8 Å². The highest BCUT2D eigenvalue weighted by Gasteiger charge is 2.17. The molecule has 2 rings (SSSR count). The summed E-state index contributed by atoms with van der Waals surface area (Å²) in [6, 6.07) is 0.556. The summed E-state index contributed by atoms with van der Waals surface area (Å²) in [5.41, 5.74) is 5.77. The number of ether oxygens (including phenoxy) is 1. The molecule has 1 fully saturated rings. The lowest BCUT2D eigenvalue weighted by Gasteiger charge is -2.27. The third-order valence-corrected chi connectivity index (χ3v) is 2.94. The molecule has 1 saturated carbocycles. The maximum absolute atomic E-state index is 5.77. The molecule has 0 radical (unpaired) electrons. The molecular weight excluding hydrogens is 190 g/mol. The van der Waals surface area contributed by atoms with Crippen molar-refractivity contribution in [2.75, 3.05) is 6.54 Å². The Hall–Kier alpha value is -1.19. The van der Waals surface area contributed by atoms with Gasteiger partial charge in [-0.15, -0.1) is 0 Å². The molecule has 0 aromatic heterocycles. The number of aliphatic imine (C=N–C) groups is 1. The average molecular weight is 209 g/mol. The summed E-state index contributed by atoms with van der Waals surface area (Å²) >= 11 is 0. The average Bonchev–Trinajstić information content (AvgIpc) is 2.22. The molecule has 0 aromatic carbocycles. The van der Waals surface area contributed by atoms with Crippen molar-refractivity contribution in [1.82, 2.24) is 5.32 Å². The fourth-order valence-corrected chi connectivity index (χ4v) is 1.73. The lowest BCUT2D eigenvalue weighted by Crippen LogP contribution is -2.44. The number of hydrogen-bond donors (Lipinski definition) is 2. The Morgan fingerprint density at radius 2 is 2.33 bits per heavy atom. The van der Waals surface area contributed by atoms with Crippen LogP contribution < -0.4 is 11.1 Å². The van der Waals surface area contributed by atoms with E-state index in [-0.39, 0.29) is 6.10 Å². The Labute approximate surface area is 90.6 Å². The zero-order valence-electron chi connectivity index (χ0n) is 8.98. The fraction of sp³-hybridized carbons (Fsp3) is 0.727. The van der Waals surface area contributed by atoms with Crippen molar-refractivity contribution in [2.45, 2.75) is 44.2 Å². The highest BCUT2D eigenvalue weighted by molar-refractivity contribution is 5.78. The largest absolute Gasteiger partial charge is 0.496 e. The number of nitrogens with zero attached hydrogens (tertiary/aromatic N) is 1. The van der Waals surface area contributed by atoms with Gasteiger partial charge in [-0.1, -0.05) is 0 Å². The molecule has 0 spiro atoms. The van der Waals surface area contributed by atoms with E-state index in [0.717, 1.165) is 12.8 Å². The number of rotatable bonds is 3. The zero-order valence-corrected chi connectivity index (χ0v) is 8.98. The van der Waals surface area contributed by atoms with E-state index in [1.807, 2.05) is 6.08 Å². The van der Waals surface area contributed by atoms with Gasteiger partial charge in [0, 0.05) is 6.04 Å². The van der Waals surface area contributed by atoms with Crippen LogP contribution in [0.4, 0.5) is 0 Å². The Kier molecular flexibility index (Phi) is 3.48. The molecule has 3 N–H and O–H groups in total. The summed E-state index contributed by atoms with van der Waals surface area (Å²) in [5, 5.41) is 3.21. The van der Waals surface area contributed by atoms with E-state index in [1.165, 1.54) is 19.3 Å². The standard InChI is InChI=1S/C11H19N3O/c12-11(14-9-4-3-5-9)13-8-10-6-1-2-7-15-10/h2,7,9-10H,1,3-6,8H2,(H3,12,13,14). The van der Waals surface area contributed by atoms with E-state index < -0.39 is 0 Å². The van der Waals surface area contributed by atoms with Crippen molar-refractivity contribution in [3.8, 4) is 0 Å². The first-order chi connectivity index (χ1) is 7.34. The minimum atomic E-state index is 0.205. The van der Waals surface area contributed by atoms with E-state index in [9.17, 15) is 0 Å². The minimum absolute atomic E-state index is 0.205. The van der Waals surface area contributed by atoms with Gasteiger partial charge in [0.25, 0.3) is 0 Å². The van der Waals surface area contributed by atoms with Crippen molar-refractivity contribution >= 4 is 5.96 Å². The number of hydrogen-bond acceptors (Lipinski definition) is 2. The van der Waals surface area contributed by atoms with Gasteiger partial charge in [0.2, 0.25) is 0 Å². The van der Waals surface area contributed by atoms with E-state index in [1.54, 1.807) is 6.26 Å². The minimum Gasteiger partial charge on any atom is -0.496 e. The SMILES string of the molecule is NC(=NCC1CCC=CO1)NC1CCC1. The first kappa shape index (κ1) is 10.3. The predicted octanol–water partition coefficient (Wildman–Crippen LogP) is 1.14. The van der Waals surface area contributed by atoms with Gasteiger partial charge in [-0.3, -0.25) is 0 Å². The zero-order chi connectivity index (χ0) is 10.5. The van der Waals surface area contributed by atoms with E-state index in [2.05, 4.69) is 10.3 Å². The molecule has 0 aromatic rings. The summed E-state index contributed by atoms with van der Waals surface area (Å²) < 4.78 is 5.40. The van der Waals surface area contributed by atoms with Gasteiger partial charge < -0.3 is 15.8 Å². The van der Waals surface area contributed by atoms with Gasteiger partial charge in [0.15, 0.2) is 5.96 Å². The number of allylic oxidation sites excluding steroid dienone is 1. The van der Waals surface area contributed by atoms with Crippen molar-refractivity contribution in [3.63, 3.8) is 0 Å². The second-order valence-electron chi connectivity index (χ2n) is 4.21. The Balaban J connectivity index is 1.69. The number of guanidine groups is 1. The molecule has 1 aliphatic carbocycles. The molecular formula is C11H19N3O. The molecule has 2 aliphatic rings. The normalized spacial score (nSPS) is 26.9. The van der Waals surface area contributed by atoms with E-state index >= 15 is 0 Å². The third-order valence-electron chi connectivity index (χ3n) is 2.94. The Bertz CT molecular complexity index is 259. The van der Waals surface area contributed by atoms with Crippen LogP contribution in [0.2, 0.25) is 0 Å². The summed E-state index contributed by atoms with van der Waals surface area (Å²) in [4.78, 5) is 4.29. The quantitative estimate of drug-likeness (QED) is 0.541. The Morgan fingerprint density at radius 3 is 2.93 bits per heavy atom. The van der Waals surface area contributed by atoms with Crippen LogP contribution in [0.3, 0.4) is 0 Å². The third kappa shape index (κ3) is 3.15. The van der Waals surface area contributed by atoms with Crippen LogP contribution in [0.5, 0.6) is 0 Å². The molecule has 4 nitrogen and oxygen atoms in total. The number of nitrogens with two attached hydrogens (primary N) is 1. The molecule has 4 heteroatoms. The molecule has 84 valence electrons. The van der Waals surface area contributed by atoms with Gasteiger partial charge in [-0.05, 0) is 38.2 Å². The highest BCUT2D eigenvalue weighted by atomic mass is 16.5. The van der Waals surface area contributed by atoms with Crippen LogP contribution in [-0.2, 0) is 4.74 Å². The monoisotopic (exact) mass is 209 g/mol. The summed E-state index contributed by atoms with van der Waals surface area (Å²) in [6.07, 6.45) is 9.87. The maximum atomic E-state index is 5.77. The summed E-state index contributed by atoms with van der Waals surface area (Å²) in [5.74, 6) is 0.567. The molecule has 1 unspecified atom stereocenters. The molecule has 1 heterocycles. The summed E-state index contributed by atoms with van der Waals surface area (Å²) in [6.45, 7) is 0.663. The van der Waals surface area contributed by atoms with Crippen molar-refractivity contribution in [3.05, 3.63) is 12.3 Å². The van der Waals surface area contributed by atoms with E-state index in [4.69, 9.17) is 10.5 Å². The van der Waals surface area contributed by atoms with Crippen LogP contribution in [0.1, 0.15) is 32.1 Å². The fourth-order valence-electron chi connectivity index (χ4n) is 1.73. The van der Waals surface area contributed by atoms with Crippen LogP contribution in [-0.4, -0.2) is 24.7 Å². The lowest BCUT2D eigenvalue weighted by molar-refractivity contribution is 0.131. The van der Waals surface area contributed by atoms with Gasteiger partial charge in [0.1, 0.15) is 6.10 Å². The first-order valence-electron chi connectivity index (χ1n) is 5.71. The molecule has 1 atom stereocenters. The van der Waals surface area contributed by atoms with Crippen molar-refractivity contribution < 1.29 is 4.74 Å². The predicted molar refractivity (Wildman–Crippen MR) is 60.5 cm³/mol. The molecule has 0 saturated heterocycles. The van der Waals surface area contributed by atoms with Gasteiger partial charge >= 0.3 is 0 Å². The summed E-state index contributed by atoms with van der Waals surface area (Å²) in [7, 11) is 0. The second-order valence-corrected chi connectivity index (χ2v) is 4.21. The van der Waals surface area contributed by atoms with Crippen molar-refractivity contribution in [1.29, 1.82) is 0 Å². The van der Waals surface area contributed by atoms with Crippen LogP contribution in [0.25, 0.3) is 0 Å². The molecule has 15 heavy (non-hydrogen) atoms. The maximum Gasteiger partial charge on any atom is 0.188 e. The van der Waals surface area contributed by atoms with E-state index in [0.29, 0.717) is 18.5 Å². The molecule has 1 aliphatic heterocycles.